The highest BCUT2D eigenvalue weighted by molar-refractivity contribution is 5.87. The monoisotopic (exact) mass is 306 g/mol. The number of esters is 1. The molecule has 2 aliphatic rings. The summed E-state index contributed by atoms with van der Waals surface area (Å²) in [6, 6.07) is 0. The van der Waals surface area contributed by atoms with Crippen molar-refractivity contribution in [2.75, 3.05) is 0 Å². The molecule has 120 valence electrons. The number of rotatable bonds is 4. The Morgan fingerprint density at radius 3 is 2.43 bits per heavy atom. The fourth-order valence-electron chi connectivity index (χ4n) is 3.62. The predicted molar refractivity (Wildman–Crippen MR) is 70.3 cm³/mol. The van der Waals surface area contributed by atoms with Crippen LogP contribution in [0.2, 0.25) is 0 Å². The van der Waals surface area contributed by atoms with Gasteiger partial charge in [-0.25, -0.2) is 4.79 Å². The summed E-state index contributed by atoms with van der Waals surface area (Å²) in [6.07, 6.45) is -3.17. The lowest BCUT2D eigenvalue weighted by molar-refractivity contribution is -0.261. The van der Waals surface area contributed by atoms with Gasteiger partial charge in [-0.15, -0.1) is 0 Å². The van der Waals surface area contributed by atoms with E-state index >= 15 is 0 Å². The molecule has 6 heteroatoms. The van der Waals surface area contributed by atoms with E-state index in [0.29, 0.717) is 0 Å². The molecule has 0 aromatic heterocycles. The average molecular weight is 306 g/mol. The molecule has 0 spiro atoms. The summed E-state index contributed by atoms with van der Waals surface area (Å²) in [5.74, 6) is -0.813. The Morgan fingerprint density at radius 2 is 1.90 bits per heavy atom. The summed E-state index contributed by atoms with van der Waals surface area (Å²) in [6.45, 7) is 5.79. The minimum absolute atomic E-state index is 0.0896. The summed E-state index contributed by atoms with van der Waals surface area (Å²) in [4.78, 5) is 11.7. The summed E-state index contributed by atoms with van der Waals surface area (Å²) in [7, 11) is 0. The standard InChI is InChI=1S/C15H21F3O3/c1-8(2)13(19)21-12-10-5-4-9(6-10)11(12)7-14(3,20)15(16,17)18/h9-12,20H,1,4-7H2,2-3H3. The number of hydrogen-bond acceptors (Lipinski definition) is 3. The van der Waals surface area contributed by atoms with E-state index < -0.39 is 36.2 Å². The molecule has 2 aliphatic carbocycles. The lowest BCUT2D eigenvalue weighted by atomic mass is 9.79. The van der Waals surface area contributed by atoms with E-state index in [0.717, 1.165) is 26.2 Å². The molecule has 2 bridgehead atoms. The average Bonchev–Trinajstić information content (AvgIpc) is 2.90. The van der Waals surface area contributed by atoms with Crippen molar-refractivity contribution in [3.8, 4) is 0 Å². The summed E-state index contributed by atoms with van der Waals surface area (Å²) in [5.41, 5.74) is -2.52. The van der Waals surface area contributed by atoms with Crippen LogP contribution < -0.4 is 0 Å². The second-order valence-corrected chi connectivity index (χ2v) is 6.62. The Morgan fingerprint density at radius 1 is 1.33 bits per heavy atom. The van der Waals surface area contributed by atoms with Crippen LogP contribution >= 0.6 is 0 Å². The van der Waals surface area contributed by atoms with Gasteiger partial charge in [0.2, 0.25) is 0 Å². The molecule has 0 aliphatic heterocycles. The number of alkyl halides is 3. The van der Waals surface area contributed by atoms with Gasteiger partial charge >= 0.3 is 12.1 Å². The number of carbonyl (C=O) groups is 1. The van der Waals surface area contributed by atoms with Crippen LogP contribution in [-0.4, -0.2) is 29.0 Å². The molecule has 1 N–H and O–H groups in total. The predicted octanol–water partition coefficient (Wildman–Crippen LogP) is 3.22. The molecule has 0 radical (unpaired) electrons. The van der Waals surface area contributed by atoms with Crippen molar-refractivity contribution in [3.05, 3.63) is 12.2 Å². The fourth-order valence-corrected chi connectivity index (χ4v) is 3.62. The van der Waals surface area contributed by atoms with E-state index in [2.05, 4.69) is 6.58 Å². The Kier molecular flexibility index (Phi) is 4.12. The van der Waals surface area contributed by atoms with Crippen molar-refractivity contribution < 1.29 is 27.8 Å². The highest BCUT2D eigenvalue weighted by Gasteiger charge is 2.57. The second-order valence-electron chi connectivity index (χ2n) is 6.62. The summed E-state index contributed by atoms with van der Waals surface area (Å²) < 4.78 is 44.0. The van der Waals surface area contributed by atoms with Crippen LogP contribution in [0.15, 0.2) is 12.2 Å². The van der Waals surface area contributed by atoms with Crippen LogP contribution in [0.1, 0.15) is 39.5 Å². The van der Waals surface area contributed by atoms with Gasteiger partial charge in [0.1, 0.15) is 6.10 Å². The Bertz CT molecular complexity index is 442. The Labute approximate surface area is 122 Å². The molecule has 2 fully saturated rings. The first-order chi connectivity index (χ1) is 9.53. The number of carbonyl (C=O) groups excluding carboxylic acids is 1. The maximum atomic E-state index is 12.9. The minimum atomic E-state index is -4.68. The van der Waals surface area contributed by atoms with Crippen molar-refractivity contribution in [2.24, 2.45) is 17.8 Å². The lowest BCUT2D eigenvalue weighted by Gasteiger charge is -2.36. The second kappa shape index (κ2) is 5.30. The third kappa shape index (κ3) is 3.10. The fraction of sp³-hybridized carbons (Fsp3) is 0.800. The molecule has 0 heterocycles. The molecule has 0 aromatic carbocycles. The topological polar surface area (TPSA) is 46.5 Å². The summed E-state index contributed by atoms with van der Waals surface area (Å²) >= 11 is 0. The largest absolute Gasteiger partial charge is 0.458 e. The third-order valence-corrected chi connectivity index (χ3v) is 4.84. The number of aliphatic hydroxyl groups is 1. The minimum Gasteiger partial charge on any atom is -0.458 e. The third-order valence-electron chi connectivity index (χ3n) is 4.84. The number of fused-ring (bicyclic) bond motifs is 2. The van der Waals surface area contributed by atoms with Gasteiger partial charge in [0, 0.05) is 11.5 Å². The van der Waals surface area contributed by atoms with Crippen LogP contribution in [0.3, 0.4) is 0 Å². The van der Waals surface area contributed by atoms with Gasteiger partial charge < -0.3 is 9.84 Å². The van der Waals surface area contributed by atoms with Gasteiger partial charge in [0.05, 0.1) is 0 Å². The van der Waals surface area contributed by atoms with Crippen molar-refractivity contribution in [2.45, 2.75) is 57.4 Å². The molecule has 5 atom stereocenters. The molecule has 0 saturated heterocycles. The van der Waals surface area contributed by atoms with Crippen molar-refractivity contribution in [3.63, 3.8) is 0 Å². The first-order valence-corrected chi connectivity index (χ1v) is 7.18. The zero-order valence-electron chi connectivity index (χ0n) is 12.2. The quantitative estimate of drug-likeness (QED) is 0.641. The Balaban J connectivity index is 2.13. The maximum absolute atomic E-state index is 12.9. The Hall–Kier alpha value is -1.04. The highest BCUT2D eigenvalue weighted by Crippen LogP contribution is 2.53. The van der Waals surface area contributed by atoms with Gasteiger partial charge in [-0.3, -0.25) is 0 Å². The number of ether oxygens (including phenoxy) is 1. The molecule has 2 rings (SSSR count). The van der Waals surface area contributed by atoms with E-state index in [9.17, 15) is 23.1 Å². The van der Waals surface area contributed by atoms with E-state index in [-0.39, 0.29) is 17.4 Å². The molecule has 21 heavy (non-hydrogen) atoms. The van der Waals surface area contributed by atoms with Gasteiger partial charge in [-0.2, -0.15) is 13.2 Å². The smallest absolute Gasteiger partial charge is 0.416 e. The first-order valence-electron chi connectivity index (χ1n) is 7.18. The molecule has 0 amide bonds. The van der Waals surface area contributed by atoms with E-state index in [1.165, 1.54) is 6.92 Å². The van der Waals surface area contributed by atoms with Gasteiger partial charge in [-0.05, 0) is 51.4 Å². The first kappa shape index (κ1) is 16.3. The normalized spacial score (nSPS) is 34.6. The van der Waals surface area contributed by atoms with E-state index in [1.807, 2.05) is 0 Å². The van der Waals surface area contributed by atoms with Crippen LogP contribution in [0.4, 0.5) is 13.2 Å². The SMILES string of the molecule is C=C(C)C(=O)OC1C2CCC(C2)C1CC(C)(O)C(F)(F)F. The van der Waals surface area contributed by atoms with E-state index in [4.69, 9.17) is 4.74 Å². The van der Waals surface area contributed by atoms with Gasteiger partial charge in [0.15, 0.2) is 5.60 Å². The summed E-state index contributed by atoms with van der Waals surface area (Å²) in [5, 5.41) is 9.72. The zero-order valence-corrected chi connectivity index (χ0v) is 12.2. The zero-order chi connectivity index (χ0) is 16.0. The number of hydrogen-bond donors (Lipinski definition) is 1. The van der Waals surface area contributed by atoms with Gasteiger partial charge in [-0.1, -0.05) is 6.58 Å². The molecular formula is C15H21F3O3. The van der Waals surface area contributed by atoms with Crippen LogP contribution in [-0.2, 0) is 9.53 Å². The maximum Gasteiger partial charge on any atom is 0.416 e. The van der Waals surface area contributed by atoms with Gasteiger partial charge in [0.25, 0.3) is 0 Å². The van der Waals surface area contributed by atoms with Crippen molar-refractivity contribution in [1.82, 2.24) is 0 Å². The highest BCUT2D eigenvalue weighted by atomic mass is 19.4. The molecular weight excluding hydrogens is 285 g/mol. The van der Waals surface area contributed by atoms with Crippen LogP contribution in [0.25, 0.3) is 0 Å². The molecule has 5 unspecified atom stereocenters. The van der Waals surface area contributed by atoms with Crippen molar-refractivity contribution in [1.29, 1.82) is 0 Å². The number of halogens is 3. The molecule has 3 nitrogen and oxygen atoms in total. The van der Waals surface area contributed by atoms with Crippen molar-refractivity contribution >= 4 is 5.97 Å². The van der Waals surface area contributed by atoms with Crippen LogP contribution in [0.5, 0.6) is 0 Å². The van der Waals surface area contributed by atoms with E-state index in [1.54, 1.807) is 0 Å². The lowest BCUT2D eigenvalue weighted by Crippen LogP contribution is -2.47. The molecule has 2 saturated carbocycles. The molecule has 0 aromatic rings. The van der Waals surface area contributed by atoms with Crippen LogP contribution in [0, 0.1) is 17.8 Å².